The van der Waals surface area contributed by atoms with Gasteiger partial charge in [-0.15, -0.1) is 0 Å². The van der Waals surface area contributed by atoms with E-state index in [0.29, 0.717) is 17.1 Å². The Morgan fingerprint density at radius 3 is 2.33 bits per heavy atom. The Kier molecular flexibility index (Phi) is 7.77. The predicted octanol–water partition coefficient (Wildman–Crippen LogP) is 3.23. The number of anilines is 3. The highest BCUT2D eigenvalue weighted by molar-refractivity contribution is 6.00. The summed E-state index contributed by atoms with van der Waals surface area (Å²) in [6, 6.07) is 4.76. The molecule has 2 aromatic rings. The molecule has 0 atom stereocenters. The Balaban J connectivity index is 1.72. The van der Waals surface area contributed by atoms with Crippen LogP contribution in [0.2, 0.25) is 0 Å². The molecule has 1 saturated carbocycles. The van der Waals surface area contributed by atoms with Crippen LogP contribution in [0.1, 0.15) is 62.4 Å². The highest BCUT2D eigenvalue weighted by Crippen LogP contribution is 2.24. The van der Waals surface area contributed by atoms with Crippen LogP contribution in [-0.4, -0.2) is 39.9 Å². The van der Waals surface area contributed by atoms with E-state index in [1.54, 1.807) is 6.07 Å². The molecule has 2 heterocycles. The van der Waals surface area contributed by atoms with Crippen molar-refractivity contribution < 1.29 is 14.0 Å². The predicted molar refractivity (Wildman–Crippen MR) is 123 cm³/mol. The molecular weight excluding hydrogens is 425 g/mol. The van der Waals surface area contributed by atoms with Gasteiger partial charge in [0.25, 0.3) is 5.91 Å². The lowest BCUT2D eigenvalue weighted by Crippen LogP contribution is -2.43. The third kappa shape index (κ3) is 6.62. The van der Waals surface area contributed by atoms with Crippen molar-refractivity contribution in [1.82, 2.24) is 20.6 Å². The SMILES string of the molecule is CC(=O)N[C@H]1CC[C@H](NC(=O)c2cnc(Nc3ncc(C#N)cc3F)cc2NC(C)C)CC1. The summed E-state index contributed by atoms with van der Waals surface area (Å²) in [5, 5.41) is 20.9. The van der Waals surface area contributed by atoms with Gasteiger partial charge in [0.05, 0.1) is 16.8 Å². The fraction of sp³-hybridized carbons (Fsp3) is 0.435. The van der Waals surface area contributed by atoms with Gasteiger partial charge >= 0.3 is 0 Å². The van der Waals surface area contributed by atoms with E-state index in [1.165, 1.54) is 19.3 Å². The topological polar surface area (TPSA) is 132 Å². The van der Waals surface area contributed by atoms with Gasteiger partial charge in [-0.05, 0) is 45.6 Å². The molecule has 2 amide bonds. The molecule has 4 N–H and O–H groups in total. The molecule has 1 fully saturated rings. The average molecular weight is 454 g/mol. The standard InChI is InChI=1S/C23H28FN7O2/c1-13(2)28-20-9-21(31-22-19(24)8-15(10-25)11-27-22)26-12-18(20)23(33)30-17-6-4-16(5-7-17)29-14(3)32/h8-9,11-13,16-17H,4-7H2,1-3H3,(H,29,32)(H,30,33)(H2,26,27,28,31)/t16-,17-. The van der Waals surface area contributed by atoms with Crippen molar-refractivity contribution in [1.29, 1.82) is 5.26 Å². The zero-order chi connectivity index (χ0) is 24.0. The zero-order valence-corrected chi connectivity index (χ0v) is 18.9. The second kappa shape index (κ2) is 10.7. The highest BCUT2D eigenvalue weighted by atomic mass is 19.1. The summed E-state index contributed by atoms with van der Waals surface area (Å²) in [5.41, 5.74) is 1.05. The Hall–Kier alpha value is -3.74. The van der Waals surface area contributed by atoms with Crippen LogP contribution in [0.4, 0.5) is 21.7 Å². The van der Waals surface area contributed by atoms with Crippen molar-refractivity contribution in [3.8, 4) is 6.07 Å². The summed E-state index contributed by atoms with van der Waals surface area (Å²) >= 11 is 0. The largest absolute Gasteiger partial charge is 0.382 e. The number of nitrogens with one attached hydrogen (secondary N) is 4. The Bertz CT molecular complexity index is 1060. The summed E-state index contributed by atoms with van der Waals surface area (Å²) < 4.78 is 14.2. The second-order valence-electron chi connectivity index (χ2n) is 8.43. The fourth-order valence-electron chi connectivity index (χ4n) is 3.78. The highest BCUT2D eigenvalue weighted by Gasteiger charge is 2.24. The molecule has 10 heteroatoms. The van der Waals surface area contributed by atoms with Crippen LogP contribution in [0.5, 0.6) is 0 Å². The summed E-state index contributed by atoms with van der Waals surface area (Å²) in [4.78, 5) is 32.4. The van der Waals surface area contributed by atoms with Crippen LogP contribution < -0.4 is 21.3 Å². The van der Waals surface area contributed by atoms with Crippen molar-refractivity contribution >= 4 is 29.1 Å². The Morgan fingerprint density at radius 2 is 1.76 bits per heavy atom. The van der Waals surface area contributed by atoms with Crippen molar-refractivity contribution in [2.24, 2.45) is 0 Å². The molecule has 0 aliphatic heterocycles. The minimum absolute atomic E-state index is 0.0177. The average Bonchev–Trinajstić information content (AvgIpc) is 2.76. The van der Waals surface area contributed by atoms with Crippen LogP contribution in [0.3, 0.4) is 0 Å². The number of aromatic nitrogens is 2. The molecule has 0 bridgehead atoms. The first-order valence-electron chi connectivity index (χ1n) is 10.9. The maximum atomic E-state index is 14.2. The van der Waals surface area contributed by atoms with E-state index in [0.717, 1.165) is 31.7 Å². The Labute approximate surface area is 192 Å². The minimum Gasteiger partial charge on any atom is -0.382 e. The van der Waals surface area contributed by atoms with Gasteiger partial charge in [-0.1, -0.05) is 0 Å². The minimum atomic E-state index is -0.675. The maximum absolute atomic E-state index is 14.2. The lowest BCUT2D eigenvalue weighted by atomic mass is 9.91. The van der Waals surface area contributed by atoms with Crippen LogP contribution in [-0.2, 0) is 4.79 Å². The summed E-state index contributed by atoms with van der Waals surface area (Å²) in [6.07, 6.45) is 5.88. The Morgan fingerprint density at radius 1 is 1.09 bits per heavy atom. The van der Waals surface area contributed by atoms with Crippen molar-refractivity contribution in [2.75, 3.05) is 10.6 Å². The normalized spacial score (nSPS) is 17.7. The van der Waals surface area contributed by atoms with Gasteiger partial charge in [-0.25, -0.2) is 14.4 Å². The zero-order valence-electron chi connectivity index (χ0n) is 18.9. The number of nitriles is 1. The van der Waals surface area contributed by atoms with E-state index >= 15 is 0 Å². The first-order chi connectivity index (χ1) is 15.7. The van der Waals surface area contributed by atoms with Gasteiger partial charge in [0, 0.05) is 43.5 Å². The van der Waals surface area contributed by atoms with E-state index in [9.17, 15) is 14.0 Å². The molecule has 1 aliphatic carbocycles. The van der Waals surface area contributed by atoms with Gasteiger partial charge in [0.2, 0.25) is 5.91 Å². The number of rotatable bonds is 7. The van der Waals surface area contributed by atoms with Crippen molar-refractivity contribution in [2.45, 2.75) is 64.6 Å². The summed E-state index contributed by atoms with van der Waals surface area (Å²) in [5.74, 6) is -0.719. The van der Waals surface area contributed by atoms with Gasteiger partial charge in [-0.2, -0.15) is 5.26 Å². The quantitative estimate of drug-likeness (QED) is 0.506. The van der Waals surface area contributed by atoms with Gasteiger partial charge in [0.1, 0.15) is 11.9 Å². The fourth-order valence-corrected chi connectivity index (χ4v) is 3.78. The van der Waals surface area contributed by atoms with Crippen molar-refractivity contribution in [3.05, 3.63) is 41.5 Å². The van der Waals surface area contributed by atoms with Crippen LogP contribution >= 0.6 is 0 Å². The van der Waals surface area contributed by atoms with E-state index in [2.05, 4.69) is 31.2 Å². The van der Waals surface area contributed by atoms with E-state index in [4.69, 9.17) is 5.26 Å². The molecule has 0 unspecified atom stereocenters. The molecule has 2 aromatic heterocycles. The van der Waals surface area contributed by atoms with E-state index in [-0.39, 0.29) is 41.3 Å². The number of pyridine rings is 2. The molecule has 9 nitrogen and oxygen atoms in total. The third-order valence-corrected chi connectivity index (χ3v) is 5.28. The molecule has 33 heavy (non-hydrogen) atoms. The lowest BCUT2D eigenvalue weighted by Gasteiger charge is -2.29. The van der Waals surface area contributed by atoms with E-state index in [1.807, 2.05) is 19.9 Å². The van der Waals surface area contributed by atoms with Gasteiger partial charge in [0.15, 0.2) is 11.6 Å². The van der Waals surface area contributed by atoms with Gasteiger partial charge in [-0.3, -0.25) is 9.59 Å². The second-order valence-corrected chi connectivity index (χ2v) is 8.43. The summed E-state index contributed by atoms with van der Waals surface area (Å²) in [7, 11) is 0. The lowest BCUT2D eigenvalue weighted by molar-refractivity contribution is -0.119. The smallest absolute Gasteiger partial charge is 0.255 e. The number of nitrogens with zero attached hydrogens (tertiary/aromatic N) is 3. The molecular formula is C23H28FN7O2. The molecule has 0 saturated heterocycles. The molecule has 3 rings (SSSR count). The molecule has 0 radical (unpaired) electrons. The first-order valence-corrected chi connectivity index (χ1v) is 10.9. The van der Waals surface area contributed by atoms with Crippen LogP contribution in [0.25, 0.3) is 0 Å². The molecule has 0 aromatic carbocycles. The third-order valence-electron chi connectivity index (χ3n) is 5.28. The van der Waals surface area contributed by atoms with Crippen molar-refractivity contribution in [3.63, 3.8) is 0 Å². The molecule has 0 spiro atoms. The first kappa shape index (κ1) is 23.9. The van der Waals surface area contributed by atoms with E-state index < -0.39 is 5.82 Å². The van der Waals surface area contributed by atoms with Gasteiger partial charge < -0.3 is 21.3 Å². The summed E-state index contributed by atoms with van der Waals surface area (Å²) in [6.45, 7) is 5.40. The number of hydrogen-bond acceptors (Lipinski definition) is 7. The maximum Gasteiger partial charge on any atom is 0.255 e. The number of amides is 2. The molecule has 174 valence electrons. The van der Waals surface area contributed by atoms with Crippen LogP contribution in [0.15, 0.2) is 24.5 Å². The monoisotopic (exact) mass is 453 g/mol. The number of carbonyl (C=O) groups is 2. The van der Waals surface area contributed by atoms with Crippen LogP contribution in [0, 0.1) is 17.1 Å². The number of carbonyl (C=O) groups excluding carboxylic acids is 2. The molecule has 1 aliphatic rings. The number of halogens is 1. The number of hydrogen-bond donors (Lipinski definition) is 4.